The molecule has 0 spiro atoms. The third-order valence-electron chi connectivity index (χ3n) is 1.63. The van der Waals surface area contributed by atoms with Gasteiger partial charge in [-0.15, -0.1) is 0 Å². The molecular formula is C9H7F2I2NO2. The first-order valence-electron chi connectivity index (χ1n) is 4.28. The highest BCUT2D eigenvalue weighted by molar-refractivity contribution is 14.1. The van der Waals surface area contributed by atoms with Crippen molar-refractivity contribution in [2.75, 3.05) is 6.61 Å². The van der Waals surface area contributed by atoms with Crippen molar-refractivity contribution in [3.8, 4) is 0 Å². The van der Waals surface area contributed by atoms with Gasteiger partial charge in [0.05, 0.1) is 10.2 Å². The Kier molecular flexibility index (Phi) is 5.28. The van der Waals surface area contributed by atoms with E-state index in [1.807, 2.05) is 45.2 Å². The van der Waals surface area contributed by atoms with Crippen LogP contribution >= 0.6 is 45.2 Å². The van der Waals surface area contributed by atoms with Crippen LogP contribution in [0.4, 0.5) is 8.78 Å². The average molecular weight is 453 g/mol. The average Bonchev–Trinajstić information content (AvgIpc) is 2.21. The molecule has 1 heterocycles. The molecule has 0 aliphatic rings. The second kappa shape index (κ2) is 6.03. The molecule has 0 fully saturated rings. The molecule has 88 valence electrons. The summed E-state index contributed by atoms with van der Waals surface area (Å²) in [5.74, 6) is -0.674. The number of rotatable bonds is 3. The summed E-state index contributed by atoms with van der Waals surface area (Å²) < 4.78 is 30.8. The molecule has 0 amide bonds. The summed E-state index contributed by atoms with van der Waals surface area (Å²) in [5, 5.41) is 0. The quantitative estimate of drug-likeness (QED) is 0.521. The molecule has 0 aliphatic carbocycles. The van der Waals surface area contributed by atoms with Crippen LogP contribution in [0.2, 0.25) is 0 Å². The highest BCUT2D eigenvalue weighted by Gasteiger charge is 2.20. The molecule has 0 bridgehead atoms. The normalized spacial score (nSPS) is 10.6. The van der Waals surface area contributed by atoms with Crippen LogP contribution in [-0.4, -0.2) is 17.6 Å². The van der Waals surface area contributed by atoms with Gasteiger partial charge in [0.1, 0.15) is 5.69 Å². The molecule has 0 unspecified atom stereocenters. The highest BCUT2D eigenvalue weighted by Crippen LogP contribution is 2.24. The molecule has 0 N–H and O–H groups in total. The first-order valence-corrected chi connectivity index (χ1v) is 6.44. The van der Waals surface area contributed by atoms with E-state index in [9.17, 15) is 13.6 Å². The Morgan fingerprint density at radius 1 is 1.56 bits per heavy atom. The third-order valence-corrected chi connectivity index (χ3v) is 4.60. The van der Waals surface area contributed by atoms with Crippen molar-refractivity contribution in [1.29, 1.82) is 0 Å². The molecule has 1 rings (SSSR count). The zero-order valence-electron chi connectivity index (χ0n) is 8.14. The first kappa shape index (κ1) is 14.0. The number of hydrogen-bond donors (Lipinski definition) is 0. The van der Waals surface area contributed by atoms with Gasteiger partial charge in [0.25, 0.3) is 6.43 Å². The largest absolute Gasteiger partial charge is 0.461 e. The Balaban J connectivity index is 3.21. The number of ether oxygens (including phenoxy) is 1. The van der Waals surface area contributed by atoms with Crippen molar-refractivity contribution in [1.82, 2.24) is 4.98 Å². The lowest BCUT2D eigenvalue weighted by Crippen LogP contribution is -2.12. The molecule has 7 heteroatoms. The summed E-state index contributed by atoms with van der Waals surface area (Å²) in [5.41, 5.74) is -0.461. The van der Waals surface area contributed by atoms with Crippen LogP contribution in [-0.2, 0) is 4.74 Å². The third kappa shape index (κ3) is 3.22. The number of pyridine rings is 1. The van der Waals surface area contributed by atoms with Gasteiger partial charge in [0.15, 0.2) is 5.69 Å². The van der Waals surface area contributed by atoms with E-state index < -0.39 is 18.1 Å². The topological polar surface area (TPSA) is 39.2 Å². The van der Waals surface area contributed by atoms with Crippen LogP contribution in [0.5, 0.6) is 0 Å². The fraction of sp³-hybridized carbons (Fsp3) is 0.333. The number of aromatic nitrogens is 1. The van der Waals surface area contributed by atoms with E-state index in [1.165, 1.54) is 6.07 Å². The number of hydrogen-bond acceptors (Lipinski definition) is 3. The van der Waals surface area contributed by atoms with E-state index in [0.717, 1.165) is 0 Å². The Bertz CT molecular complexity index is 413. The summed E-state index contributed by atoms with van der Waals surface area (Å²) in [6.45, 7) is 1.83. The molecule has 0 radical (unpaired) electrons. The maximum Gasteiger partial charge on any atom is 0.358 e. The van der Waals surface area contributed by atoms with Crippen LogP contribution in [0.1, 0.15) is 29.5 Å². The molecule has 16 heavy (non-hydrogen) atoms. The van der Waals surface area contributed by atoms with E-state index >= 15 is 0 Å². The number of nitrogens with zero attached hydrogens (tertiary/aromatic N) is 1. The van der Waals surface area contributed by atoms with Crippen LogP contribution in [0, 0.1) is 7.14 Å². The standard InChI is InChI=1S/C9H7F2I2NO2/c1-2-16-9(15)7-6(13)4(12)3-5(14-7)8(10)11/h3,8H,2H2,1H3. The van der Waals surface area contributed by atoms with E-state index in [2.05, 4.69) is 4.98 Å². The minimum atomic E-state index is -2.70. The predicted molar refractivity (Wildman–Crippen MR) is 70.6 cm³/mol. The monoisotopic (exact) mass is 453 g/mol. The number of carbonyl (C=O) groups excluding carboxylic acids is 1. The van der Waals surface area contributed by atoms with Gasteiger partial charge < -0.3 is 4.74 Å². The molecule has 0 saturated heterocycles. The predicted octanol–water partition coefficient (Wildman–Crippen LogP) is 3.41. The highest BCUT2D eigenvalue weighted by atomic mass is 127. The van der Waals surface area contributed by atoms with E-state index in [1.54, 1.807) is 6.92 Å². The van der Waals surface area contributed by atoms with Gasteiger partial charge >= 0.3 is 5.97 Å². The SMILES string of the molecule is CCOC(=O)c1nc(C(F)F)cc(I)c1I. The Morgan fingerprint density at radius 2 is 2.19 bits per heavy atom. The molecule has 1 aromatic heterocycles. The Morgan fingerprint density at radius 3 is 2.69 bits per heavy atom. The van der Waals surface area contributed by atoms with Crippen molar-refractivity contribution >= 4 is 51.2 Å². The molecule has 0 atom stereocenters. The van der Waals surface area contributed by atoms with Crippen LogP contribution < -0.4 is 0 Å². The summed E-state index contributed by atoms with van der Waals surface area (Å²) in [7, 11) is 0. The number of alkyl halides is 2. The number of esters is 1. The van der Waals surface area contributed by atoms with Crippen LogP contribution in [0.15, 0.2) is 6.07 Å². The maximum absolute atomic E-state index is 12.5. The summed E-state index contributed by atoms with van der Waals surface area (Å²) in [6.07, 6.45) is -2.70. The van der Waals surface area contributed by atoms with Gasteiger partial charge in [-0.2, -0.15) is 0 Å². The van der Waals surface area contributed by atoms with Crippen molar-refractivity contribution in [2.24, 2.45) is 0 Å². The van der Waals surface area contributed by atoms with Crippen molar-refractivity contribution in [3.05, 3.63) is 24.6 Å². The van der Waals surface area contributed by atoms with Gasteiger partial charge in [-0.3, -0.25) is 0 Å². The van der Waals surface area contributed by atoms with Gasteiger partial charge in [-0.05, 0) is 58.2 Å². The fourth-order valence-electron chi connectivity index (χ4n) is 0.963. The second-order valence-electron chi connectivity index (χ2n) is 2.71. The molecule has 3 nitrogen and oxygen atoms in total. The van der Waals surface area contributed by atoms with E-state index in [0.29, 0.717) is 7.14 Å². The molecule has 1 aromatic rings. The Labute approximate surface area is 118 Å². The Hall–Kier alpha value is -0.0600. The maximum atomic E-state index is 12.5. The zero-order valence-corrected chi connectivity index (χ0v) is 12.5. The van der Waals surface area contributed by atoms with Crippen molar-refractivity contribution in [2.45, 2.75) is 13.3 Å². The van der Waals surface area contributed by atoms with Crippen molar-refractivity contribution in [3.63, 3.8) is 0 Å². The fourth-order valence-corrected chi connectivity index (χ4v) is 2.03. The van der Waals surface area contributed by atoms with Gasteiger partial charge in [-0.25, -0.2) is 18.6 Å². The minimum absolute atomic E-state index is 0.0513. The number of carbonyl (C=O) groups is 1. The molecule has 0 aliphatic heterocycles. The van der Waals surface area contributed by atoms with E-state index in [-0.39, 0.29) is 12.3 Å². The molecule has 0 aromatic carbocycles. The molecule has 0 saturated carbocycles. The van der Waals surface area contributed by atoms with Crippen LogP contribution in [0.25, 0.3) is 0 Å². The van der Waals surface area contributed by atoms with Gasteiger partial charge in [0.2, 0.25) is 0 Å². The summed E-state index contributed by atoms with van der Waals surface area (Å²) in [6, 6.07) is 1.26. The second-order valence-corrected chi connectivity index (χ2v) is 4.95. The van der Waals surface area contributed by atoms with Crippen molar-refractivity contribution < 1.29 is 18.3 Å². The lowest BCUT2D eigenvalue weighted by Gasteiger charge is -2.07. The minimum Gasteiger partial charge on any atom is -0.461 e. The smallest absolute Gasteiger partial charge is 0.358 e. The zero-order chi connectivity index (χ0) is 12.3. The summed E-state index contributed by atoms with van der Waals surface area (Å²) >= 11 is 3.77. The lowest BCUT2D eigenvalue weighted by molar-refractivity contribution is 0.0516. The lowest BCUT2D eigenvalue weighted by atomic mass is 10.3. The van der Waals surface area contributed by atoms with Gasteiger partial charge in [0, 0.05) is 3.57 Å². The van der Waals surface area contributed by atoms with Crippen LogP contribution in [0.3, 0.4) is 0 Å². The first-order chi connectivity index (χ1) is 7.47. The molecular weight excluding hydrogens is 446 g/mol. The number of halogens is 4. The van der Waals surface area contributed by atoms with Gasteiger partial charge in [-0.1, -0.05) is 0 Å². The van der Waals surface area contributed by atoms with E-state index in [4.69, 9.17) is 4.74 Å². The summed E-state index contributed by atoms with van der Waals surface area (Å²) in [4.78, 5) is 15.1.